The maximum absolute atomic E-state index is 12.2. The fourth-order valence-electron chi connectivity index (χ4n) is 2.52. The summed E-state index contributed by atoms with van der Waals surface area (Å²) in [6.45, 7) is 1.19. The predicted octanol–water partition coefficient (Wildman–Crippen LogP) is 3.16. The van der Waals surface area contributed by atoms with Crippen LogP contribution in [0.2, 0.25) is 0 Å². The first-order valence-corrected chi connectivity index (χ1v) is 8.12. The molecule has 134 valence electrons. The minimum absolute atomic E-state index is 0. The van der Waals surface area contributed by atoms with Crippen molar-refractivity contribution in [3.8, 4) is 0 Å². The van der Waals surface area contributed by atoms with Crippen molar-refractivity contribution in [3.63, 3.8) is 0 Å². The number of aliphatic carboxylic acids is 1. The summed E-state index contributed by atoms with van der Waals surface area (Å²) >= 11 is 0.448. The molecule has 1 saturated heterocycles. The number of nitrogens with one attached hydrogen (secondary N) is 1. The molecule has 1 aromatic rings. The van der Waals surface area contributed by atoms with Crippen LogP contribution in [0.3, 0.4) is 0 Å². The average molecular weight is 381 g/mol. The van der Waals surface area contributed by atoms with E-state index in [0.717, 1.165) is 6.42 Å². The van der Waals surface area contributed by atoms with Gasteiger partial charge in [0.15, 0.2) is 0 Å². The van der Waals surface area contributed by atoms with Gasteiger partial charge < -0.3 is 10.4 Å². The number of carbonyl (C=O) groups is 2. The molecule has 1 aliphatic rings. The molecule has 0 spiro atoms. The molecular weight excluding hydrogens is 362 g/mol. The van der Waals surface area contributed by atoms with Crippen LogP contribution in [0.4, 0.5) is 14.5 Å². The largest absolute Gasteiger partial charge is 0.481 e. The summed E-state index contributed by atoms with van der Waals surface area (Å²) in [5, 5.41) is 11.7. The van der Waals surface area contributed by atoms with Gasteiger partial charge in [-0.1, -0.05) is 11.8 Å². The third-order valence-corrected chi connectivity index (χ3v) is 4.31. The Morgan fingerprint density at radius 3 is 2.58 bits per heavy atom. The van der Waals surface area contributed by atoms with Gasteiger partial charge in [0.2, 0.25) is 5.91 Å². The standard InChI is InChI=1S/C15H18F2N2O3S.ClH/c16-15(17)23-12-5-3-11(4-6-12)18-13(20)9-19-7-1-2-10(8-19)14(21)22;/h3-6,10,15H,1-2,7-9H2,(H,18,20)(H,21,22);1H. The van der Waals surface area contributed by atoms with Crippen LogP contribution >= 0.6 is 24.2 Å². The van der Waals surface area contributed by atoms with Gasteiger partial charge in [0.05, 0.1) is 12.5 Å². The van der Waals surface area contributed by atoms with Gasteiger partial charge in [-0.2, -0.15) is 8.78 Å². The number of benzene rings is 1. The molecule has 1 atom stereocenters. The van der Waals surface area contributed by atoms with Crippen LogP contribution in [-0.4, -0.2) is 47.3 Å². The van der Waals surface area contributed by atoms with Gasteiger partial charge in [-0.25, -0.2) is 0 Å². The number of amides is 1. The van der Waals surface area contributed by atoms with Crippen molar-refractivity contribution >= 4 is 41.7 Å². The maximum atomic E-state index is 12.2. The van der Waals surface area contributed by atoms with Crippen molar-refractivity contribution in [2.24, 2.45) is 5.92 Å². The third-order valence-electron chi connectivity index (χ3n) is 3.59. The highest BCUT2D eigenvalue weighted by Crippen LogP contribution is 2.26. The zero-order valence-corrected chi connectivity index (χ0v) is 14.4. The predicted molar refractivity (Wildman–Crippen MR) is 91.0 cm³/mol. The number of halogens is 3. The van der Waals surface area contributed by atoms with E-state index in [0.29, 0.717) is 41.9 Å². The molecule has 1 fully saturated rings. The van der Waals surface area contributed by atoms with E-state index in [4.69, 9.17) is 5.11 Å². The van der Waals surface area contributed by atoms with Gasteiger partial charge in [0.25, 0.3) is 5.76 Å². The number of rotatable bonds is 6. The fraction of sp³-hybridized carbons (Fsp3) is 0.467. The first kappa shape index (κ1) is 20.7. The van der Waals surface area contributed by atoms with Crippen LogP contribution in [0.1, 0.15) is 12.8 Å². The highest BCUT2D eigenvalue weighted by molar-refractivity contribution is 7.99. The van der Waals surface area contributed by atoms with E-state index in [-0.39, 0.29) is 24.9 Å². The quantitative estimate of drug-likeness (QED) is 0.742. The van der Waals surface area contributed by atoms with Crippen LogP contribution in [0.25, 0.3) is 0 Å². The number of likely N-dealkylation sites (tertiary alicyclic amines) is 1. The summed E-state index contributed by atoms with van der Waals surface area (Å²) in [5.74, 6) is -3.98. The van der Waals surface area contributed by atoms with Crippen molar-refractivity contribution in [1.29, 1.82) is 0 Å². The molecule has 0 saturated carbocycles. The van der Waals surface area contributed by atoms with Gasteiger partial charge in [-0.15, -0.1) is 12.4 Å². The lowest BCUT2D eigenvalue weighted by Crippen LogP contribution is -2.42. The molecule has 1 unspecified atom stereocenters. The average Bonchev–Trinajstić information content (AvgIpc) is 2.49. The summed E-state index contributed by atoms with van der Waals surface area (Å²) in [5.41, 5.74) is 0.528. The van der Waals surface area contributed by atoms with E-state index in [1.165, 1.54) is 12.1 Å². The fourth-order valence-corrected chi connectivity index (χ4v) is 3.02. The summed E-state index contributed by atoms with van der Waals surface area (Å²) in [7, 11) is 0. The Morgan fingerprint density at radius 1 is 1.33 bits per heavy atom. The normalized spacial score (nSPS) is 18.0. The molecule has 0 aromatic heterocycles. The molecule has 1 amide bonds. The molecule has 1 aliphatic heterocycles. The van der Waals surface area contributed by atoms with Crippen molar-refractivity contribution in [2.45, 2.75) is 23.5 Å². The second kappa shape index (κ2) is 9.80. The van der Waals surface area contributed by atoms with Gasteiger partial charge in [0.1, 0.15) is 0 Å². The summed E-state index contributed by atoms with van der Waals surface area (Å²) < 4.78 is 24.5. The molecular formula is C15H19ClF2N2O3S. The van der Waals surface area contributed by atoms with Gasteiger partial charge >= 0.3 is 5.97 Å². The second-order valence-corrected chi connectivity index (χ2v) is 6.43. The van der Waals surface area contributed by atoms with Gasteiger partial charge in [0, 0.05) is 17.1 Å². The number of anilines is 1. The zero-order valence-electron chi connectivity index (χ0n) is 12.8. The number of carboxylic acid groups (broad SMARTS) is 1. The Kier molecular flexibility index (Phi) is 8.44. The minimum Gasteiger partial charge on any atom is -0.481 e. The van der Waals surface area contributed by atoms with Crippen LogP contribution < -0.4 is 5.32 Å². The number of hydrogen-bond donors (Lipinski definition) is 2. The molecule has 0 bridgehead atoms. The smallest absolute Gasteiger partial charge is 0.307 e. The Balaban J connectivity index is 0.00000288. The molecule has 9 heteroatoms. The molecule has 1 heterocycles. The minimum atomic E-state index is -2.48. The summed E-state index contributed by atoms with van der Waals surface area (Å²) in [4.78, 5) is 25.2. The topological polar surface area (TPSA) is 69.6 Å². The number of carboxylic acids is 1. The molecule has 0 aliphatic carbocycles. The van der Waals surface area contributed by atoms with Crippen molar-refractivity contribution in [3.05, 3.63) is 24.3 Å². The van der Waals surface area contributed by atoms with Crippen molar-refractivity contribution in [1.82, 2.24) is 4.90 Å². The number of nitrogens with zero attached hydrogens (tertiary/aromatic N) is 1. The molecule has 0 radical (unpaired) electrons. The number of alkyl halides is 2. The molecule has 2 rings (SSSR count). The summed E-state index contributed by atoms with van der Waals surface area (Å²) in [6, 6.07) is 6.18. The Bertz CT molecular complexity index is 560. The highest BCUT2D eigenvalue weighted by atomic mass is 35.5. The Hall–Kier alpha value is -1.38. The monoisotopic (exact) mass is 380 g/mol. The van der Waals surface area contributed by atoms with E-state index >= 15 is 0 Å². The first-order valence-electron chi connectivity index (χ1n) is 7.24. The Labute approximate surface area is 149 Å². The van der Waals surface area contributed by atoms with Crippen molar-refractivity contribution in [2.75, 3.05) is 25.0 Å². The van der Waals surface area contributed by atoms with E-state index in [1.807, 2.05) is 4.90 Å². The van der Waals surface area contributed by atoms with E-state index < -0.39 is 17.6 Å². The van der Waals surface area contributed by atoms with Crippen LogP contribution in [0, 0.1) is 5.92 Å². The van der Waals surface area contributed by atoms with Crippen LogP contribution in [0.15, 0.2) is 29.2 Å². The number of piperidine rings is 1. The molecule has 5 nitrogen and oxygen atoms in total. The molecule has 1 aromatic carbocycles. The maximum Gasteiger partial charge on any atom is 0.307 e. The van der Waals surface area contributed by atoms with Crippen LogP contribution in [0.5, 0.6) is 0 Å². The lowest BCUT2D eigenvalue weighted by molar-refractivity contribution is -0.144. The van der Waals surface area contributed by atoms with E-state index in [2.05, 4.69) is 5.32 Å². The number of hydrogen-bond acceptors (Lipinski definition) is 4. The SMILES string of the molecule is Cl.O=C(CN1CCCC(C(=O)O)C1)Nc1ccc(SC(F)F)cc1. The lowest BCUT2D eigenvalue weighted by Gasteiger charge is -2.29. The zero-order chi connectivity index (χ0) is 16.8. The van der Waals surface area contributed by atoms with Crippen LogP contribution in [-0.2, 0) is 9.59 Å². The van der Waals surface area contributed by atoms with E-state index in [1.54, 1.807) is 12.1 Å². The highest BCUT2D eigenvalue weighted by Gasteiger charge is 2.26. The van der Waals surface area contributed by atoms with Crippen molar-refractivity contribution < 1.29 is 23.5 Å². The first-order chi connectivity index (χ1) is 10.9. The lowest BCUT2D eigenvalue weighted by atomic mass is 9.98. The number of thioether (sulfide) groups is 1. The van der Waals surface area contributed by atoms with Gasteiger partial charge in [-0.05, 0) is 43.7 Å². The Morgan fingerprint density at radius 2 is 2.00 bits per heavy atom. The third kappa shape index (κ3) is 6.62. The van der Waals surface area contributed by atoms with Gasteiger partial charge in [-0.3, -0.25) is 14.5 Å². The molecule has 2 N–H and O–H groups in total. The second-order valence-electron chi connectivity index (χ2n) is 5.36. The molecule has 24 heavy (non-hydrogen) atoms. The summed E-state index contributed by atoms with van der Waals surface area (Å²) in [6.07, 6.45) is 1.39. The van der Waals surface area contributed by atoms with E-state index in [9.17, 15) is 18.4 Å². The number of carbonyl (C=O) groups excluding carboxylic acids is 1.